The van der Waals surface area contributed by atoms with Gasteiger partial charge in [0.05, 0.1) is 12.1 Å². The summed E-state index contributed by atoms with van der Waals surface area (Å²) in [5, 5.41) is 27.6. The molecule has 0 heterocycles. The van der Waals surface area contributed by atoms with Crippen molar-refractivity contribution in [3.05, 3.63) is 215 Å². The van der Waals surface area contributed by atoms with Crippen molar-refractivity contribution in [2.45, 2.75) is 55.4 Å². The Morgan fingerprint density at radius 1 is 0.519 bits per heavy atom. The minimum Gasteiger partial charge on any atom is -0.378 e. The minimum absolute atomic E-state index is 0.187. The molecule has 2 atom stereocenters. The van der Waals surface area contributed by atoms with Crippen LogP contribution in [0.5, 0.6) is 0 Å². The van der Waals surface area contributed by atoms with E-state index in [0.717, 1.165) is 11.1 Å². The molecule has 4 N–H and O–H groups in total. The molecule has 6 aromatic carbocycles. The third-order valence-electron chi connectivity index (χ3n) is 11.4. The predicted octanol–water partition coefficient (Wildman–Crippen LogP) is 7.57. The van der Waals surface area contributed by atoms with Crippen molar-refractivity contribution in [1.82, 2.24) is 4.90 Å². The molecule has 6 aromatic rings. The summed E-state index contributed by atoms with van der Waals surface area (Å²) in [6, 6.07) is 54.9. The second-order valence-corrected chi connectivity index (χ2v) is 14.4. The number of benzene rings is 6. The SMILES string of the molecule is NC(=O)C1(C(=O)N(C(Cc2ccccc2)C(O)(c2ccccc2)c2ccccc2)C(Cc2ccccc2)C(O)(c2ccccc2)c2ccccc2)CCC1. The minimum atomic E-state index is -1.83. The first-order valence-corrected chi connectivity index (χ1v) is 18.7. The fourth-order valence-electron chi connectivity index (χ4n) is 8.28. The average Bonchev–Trinajstić information content (AvgIpc) is 3.21. The van der Waals surface area contributed by atoms with E-state index in [2.05, 4.69) is 0 Å². The van der Waals surface area contributed by atoms with E-state index in [-0.39, 0.29) is 25.7 Å². The Morgan fingerprint density at radius 3 is 1.04 bits per heavy atom. The number of carbonyl (C=O) groups is 2. The average molecular weight is 715 g/mol. The largest absolute Gasteiger partial charge is 0.378 e. The number of rotatable bonds is 14. The Labute approximate surface area is 317 Å². The van der Waals surface area contributed by atoms with Gasteiger partial charge in [0.2, 0.25) is 11.8 Å². The van der Waals surface area contributed by atoms with Gasteiger partial charge in [-0.15, -0.1) is 0 Å². The van der Waals surface area contributed by atoms with Crippen molar-refractivity contribution in [3.63, 3.8) is 0 Å². The van der Waals surface area contributed by atoms with E-state index >= 15 is 4.79 Å². The molecule has 272 valence electrons. The molecule has 6 heteroatoms. The molecule has 2 unspecified atom stereocenters. The van der Waals surface area contributed by atoms with Crippen LogP contribution in [-0.4, -0.2) is 39.0 Å². The normalized spacial score (nSPS) is 15.0. The maximum atomic E-state index is 16.0. The van der Waals surface area contributed by atoms with Gasteiger partial charge in [-0.2, -0.15) is 0 Å². The zero-order chi connectivity index (χ0) is 37.6. The van der Waals surface area contributed by atoms with Gasteiger partial charge in [0.25, 0.3) is 0 Å². The van der Waals surface area contributed by atoms with Crippen LogP contribution in [0.25, 0.3) is 0 Å². The first kappa shape index (κ1) is 36.5. The molecule has 54 heavy (non-hydrogen) atoms. The van der Waals surface area contributed by atoms with Crippen molar-refractivity contribution in [3.8, 4) is 0 Å². The molecular weight excluding hydrogens is 669 g/mol. The fraction of sp³-hybridized carbons (Fsp3) is 0.208. The highest BCUT2D eigenvalue weighted by molar-refractivity contribution is 6.05. The molecule has 1 saturated carbocycles. The molecule has 1 aliphatic rings. The quantitative estimate of drug-likeness (QED) is 0.101. The molecule has 0 bridgehead atoms. The summed E-state index contributed by atoms with van der Waals surface area (Å²) in [7, 11) is 0. The van der Waals surface area contributed by atoms with Gasteiger partial charge in [-0.3, -0.25) is 9.59 Å². The molecule has 0 aromatic heterocycles. The molecule has 7 rings (SSSR count). The van der Waals surface area contributed by atoms with Crippen molar-refractivity contribution >= 4 is 11.8 Å². The Balaban J connectivity index is 1.60. The van der Waals surface area contributed by atoms with Crippen molar-refractivity contribution in [2.24, 2.45) is 11.1 Å². The van der Waals surface area contributed by atoms with Crippen LogP contribution in [0.4, 0.5) is 0 Å². The lowest BCUT2D eigenvalue weighted by Gasteiger charge is -2.54. The number of hydrogen-bond donors (Lipinski definition) is 3. The van der Waals surface area contributed by atoms with Gasteiger partial charge in [-0.05, 0) is 59.1 Å². The highest BCUT2D eigenvalue weighted by Crippen LogP contribution is 2.49. The Morgan fingerprint density at radius 2 is 0.796 bits per heavy atom. The smallest absolute Gasteiger partial charge is 0.239 e. The molecule has 0 spiro atoms. The van der Waals surface area contributed by atoms with Gasteiger partial charge in [0, 0.05) is 0 Å². The van der Waals surface area contributed by atoms with Gasteiger partial charge in [-0.1, -0.05) is 188 Å². The highest BCUT2D eigenvalue weighted by Gasteiger charge is 2.59. The number of carbonyl (C=O) groups excluding carboxylic acids is 2. The van der Waals surface area contributed by atoms with Gasteiger partial charge in [0.1, 0.15) is 16.6 Å². The molecule has 0 radical (unpaired) electrons. The summed E-state index contributed by atoms with van der Waals surface area (Å²) < 4.78 is 0. The van der Waals surface area contributed by atoms with E-state index < -0.39 is 40.5 Å². The summed E-state index contributed by atoms with van der Waals surface area (Å²) in [6.07, 6.45) is 1.58. The molecule has 1 aliphatic carbocycles. The van der Waals surface area contributed by atoms with Crippen LogP contribution in [-0.2, 0) is 33.6 Å². The monoisotopic (exact) mass is 714 g/mol. The lowest BCUT2D eigenvalue weighted by molar-refractivity contribution is -0.172. The topological polar surface area (TPSA) is 104 Å². The highest BCUT2D eigenvalue weighted by atomic mass is 16.3. The van der Waals surface area contributed by atoms with Crippen LogP contribution < -0.4 is 5.73 Å². The van der Waals surface area contributed by atoms with Gasteiger partial charge in [0.15, 0.2) is 0 Å². The van der Waals surface area contributed by atoms with Gasteiger partial charge >= 0.3 is 0 Å². The number of hydrogen-bond acceptors (Lipinski definition) is 4. The van der Waals surface area contributed by atoms with E-state index in [1.165, 1.54) is 0 Å². The van der Waals surface area contributed by atoms with Crippen molar-refractivity contribution in [2.75, 3.05) is 0 Å². The molecule has 2 amide bonds. The molecule has 1 fully saturated rings. The van der Waals surface area contributed by atoms with Gasteiger partial charge in [-0.25, -0.2) is 0 Å². The number of amides is 2. The van der Waals surface area contributed by atoms with E-state index in [4.69, 9.17) is 5.73 Å². The summed E-state index contributed by atoms with van der Waals surface area (Å²) in [6.45, 7) is 0. The van der Waals surface area contributed by atoms with E-state index in [1.54, 1.807) is 4.90 Å². The first-order valence-electron chi connectivity index (χ1n) is 18.7. The van der Waals surface area contributed by atoms with Crippen LogP contribution in [0.1, 0.15) is 52.6 Å². The van der Waals surface area contributed by atoms with Crippen LogP contribution >= 0.6 is 0 Å². The van der Waals surface area contributed by atoms with E-state index in [9.17, 15) is 15.0 Å². The number of nitrogens with zero attached hydrogens (tertiary/aromatic N) is 1. The second kappa shape index (κ2) is 15.7. The van der Waals surface area contributed by atoms with Crippen LogP contribution in [0.2, 0.25) is 0 Å². The predicted molar refractivity (Wildman–Crippen MR) is 212 cm³/mol. The van der Waals surface area contributed by atoms with Crippen LogP contribution in [0.15, 0.2) is 182 Å². The summed E-state index contributed by atoms with van der Waals surface area (Å²) in [5.41, 5.74) is 5.05. The van der Waals surface area contributed by atoms with Crippen LogP contribution in [0.3, 0.4) is 0 Å². The second-order valence-electron chi connectivity index (χ2n) is 14.4. The Hall–Kier alpha value is -5.82. The molecule has 6 nitrogen and oxygen atoms in total. The fourth-order valence-corrected chi connectivity index (χ4v) is 8.28. The molecular formula is C48H46N2O4. The maximum absolute atomic E-state index is 16.0. The summed E-state index contributed by atoms with van der Waals surface area (Å²) in [5.74, 6) is -1.20. The third-order valence-corrected chi connectivity index (χ3v) is 11.4. The number of nitrogens with two attached hydrogens (primary N) is 1. The molecule has 0 aliphatic heterocycles. The zero-order valence-corrected chi connectivity index (χ0v) is 30.2. The first-order chi connectivity index (χ1) is 26.3. The lowest BCUT2D eigenvalue weighted by Crippen LogP contribution is -2.68. The standard InChI is InChI=1S/C48H46N2O4/c49-44(51)46(32-19-33-46)45(52)50(42(34-36-20-7-1-8-21-36)47(53,38-24-11-3-12-25-38)39-26-13-4-14-27-39)43(35-37-22-9-2-10-23-37)48(54,40-28-15-5-16-29-40)41-30-17-6-18-31-41/h1-18,20-31,42-43,53-54H,19,32-35H2,(H2,49,51). The Kier molecular flexibility index (Phi) is 10.6. The van der Waals surface area contributed by atoms with E-state index in [1.807, 2.05) is 182 Å². The van der Waals surface area contributed by atoms with Crippen molar-refractivity contribution < 1.29 is 19.8 Å². The number of aliphatic hydroxyl groups is 2. The summed E-state index contributed by atoms with van der Waals surface area (Å²) >= 11 is 0. The maximum Gasteiger partial charge on any atom is 0.239 e. The zero-order valence-electron chi connectivity index (χ0n) is 30.2. The number of primary amides is 1. The van der Waals surface area contributed by atoms with Crippen molar-refractivity contribution in [1.29, 1.82) is 0 Å². The summed E-state index contributed by atoms with van der Waals surface area (Å²) in [4.78, 5) is 31.3. The lowest BCUT2D eigenvalue weighted by atomic mass is 9.65. The van der Waals surface area contributed by atoms with Crippen LogP contribution in [0, 0.1) is 5.41 Å². The third kappa shape index (κ3) is 6.75. The Bertz CT molecular complexity index is 1910. The van der Waals surface area contributed by atoms with E-state index in [0.29, 0.717) is 28.7 Å². The molecule has 0 saturated heterocycles. The van der Waals surface area contributed by atoms with Gasteiger partial charge < -0.3 is 20.8 Å².